The van der Waals surface area contributed by atoms with E-state index < -0.39 is 5.97 Å². The van der Waals surface area contributed by atoms with Gasteiger partial charge in [0.1, 0.15) is 12.1 Å². The van der Waals surface area contributed by atoms with Gasteiger partial charge in [0, 0.05) is 6.61 Å². The van der Waals surface area contributed by atoms with Crippen molar-refractivity contribution in [2.75, 3.05) is 19.8 Å². The molecule has 7 heteroatoms. The van der Waals surface area contributed by atoms with Gasteiger partial charge >= 0.3 is 5.97 Å². The van der Waals surface area contributed by atoms with Crippen LogP contribution in [0.25, 0.3) is 10.9 Å². The van der Waals surface area contributed by atoms with E-state index in [0.717, 1.165) is 0 Å². The minimum Gasteiger partial charge on any atom is -0.463 e. The summed E-state index contributed by atoms with van der Waals surface area (Å²) in [4.78, 5) is 23.6. The molecule has 1 heterocycles. The predicted octanol–water partition coefficient (Wildman–Crippen LogP) is 0.761. The lowest BCUT2D eigenvalue weighted by molar-refractivity contribution is -0.145. The zero-order valence-corrected chi connectivity index (χ0v) is 11.8. The van der Waals surface area contributed by atoms with Crippen LogP contribution in [0, 0.1) is 0 Å². The number of ether oxygens (including phenoxy) is 2. The number of hydrogen-bond donors (Lipinski definition) is 0. The highest BCUT2D eigenvalue weighted by Gasteiger charge is 2.08. The highest BCUT2D eigenvalue weighted by atomic mass is 16.6. The van der Waals surface area contributed by atoms with Gasteiger partial charge in [-0.1, -0.05) is 17.3 Å². The van der Waals surface area contributed by atoms with Crippen molar-refractivity contribution in [1.29, 1.82) is 0 Å². The Hall–Kier alpha value is -2.28. The molecule has 0 fully saturated rings. The molecular weight excluding hydrogens is 274 g/mol. The predicted molar refractivity (Wildman–Crippen MR) is 75.9 cm³/mol. The van der Waals surface area contributed by atoms with Gasteiger partial charge in [-0.05, 0) is 19.1 Å². The highest BCUT2D eigenvalue weighted by molar-refractivity contribution is 5.76. The third-order valence-corrected chi connectivity index (χ3v) is 2.85. The number of carbonyl (C=O) groups excluding carboxylic acids is 1. The Labute approximate surface area is 121 Å². The van der Waals surface area contributed by atoms with E-state index in [2.05, 4.69) is 10.3 Å². The average Bonchev–Trinajstić information content (AvgIpc) is 2.51. The summed E-state index contributed by atoms with van der Waals surface area (Å²) < 4.78 is 11.2. The lowest BCUT2D eigenvalue weighted by Gasteiger charge is -2.06. The van der Waals surface area contributed by atoms with Gasteiger partial charge in [-0.3, -0.25) is 9.59 Å². The Morgan fingerprint density at radius 1 is 1.29 bits per heavy atom. The Balaban J connectivity index is 1.93. The molecule has 0 aliphatic carbocycles. The zero-order chi connectivity index (χ0) is 15.1. The Morgan fingerprint density at radius 2 is 2.10 bits per heavy atom. The summed E-state index contributed by atoms with van der Waals surface area (Å²) in [6.07, 6.45) is 0.0685. The van der Waals surface area contributed by atoms with E-state index in [1.54, 1.807) is 24.3 Å². The largest absolute Gasteiger partial charge is 0.463 e. The Kier molecular flexibility index (Phi) is 5.39. The van der Waals surface area contributed by atoms with Crippen LogP contribution in [0.3, 0.4) is 0 Å². The number of nitrogens with zero attached hydrogens (tertiary/aromatic N) is 3. The summed E-state index contributed by atoms with van der Waals surface area (Å²) in [7, 11) is 0. The lowest BCUT2D eigenvalue weighted by atomic mass is 10.2. The minimum atomic E-state index is -0.392. The summed E-state index contributed by atoms with van der Waals surface area (Å²) in [5.41, 5.74) is 0.278. The number of fused-ring (bicyclic) bond motifs is 1. The van der Waals surface area contributed by atoms with Crippen LogP contribution in [0.1, 0.15) is 13.3 Å². The minimum absolute atomic E-state index is 0.0685. The van der Waals surface area contributed by atoms with Crippen molar-refractivity contribution in [3.8, 4) is 0 Å². The van der Waals surface area contributed by atoms with Crippen molar-refractivity contribution < 1.29 is 14.3 Å². The number of benzene rings is 1. The van der Waals surface area contributed by atoms with Gasteiger partial charge in [0.2, 0.25) is 0 Å². The fraction of sp³-hybridized carbons (Fsp3) is 0.429. The van der Waals surface area contributed by atoms with Crippen molar-refractivity contribution in [2.45, 2.75) is 19.9 Å². The van der Waals surface area contributed by atoms with E-state index >= 15 is 0 Å². The summed E-state index contributed by atoms with van der Waals surface area (Å²) in [5, 5.41) is 8.24. The second-order valence-corrected chi connectivity index (χ2v) is 4.30. The van der Waals surface area contributed by atoms with Gasteiger partial charge in [0.05, 0.1) is 25.0 Å². The van der Waals surface area contributed by atoms with Gasteiger partial charge in [0.25, 0.3) is 5.56 Å². The van der Waals surface area contributed by atoms with Crippen molar-refractivity contribution in [3.63, 3.8) is 0 Å². The molecule has 2 aromatic rings. The van der Waals surface area contributed by atoms with E-state index in [0.29, 0.717) is 24.1 Å². The average molecular weight is 291 g/mol. The van der Waals surface area contributed by atoms with Gasteiger partial charge in [-0.25, -0.2) is 4.68 Å². The molecule has 0 bridgehead atoms. The van der Waals surface area contributed by atoms with Gasteiger partial charge < -0.3 is 9.47 Å². The molecule has 21 heavy (non-hydrogen) atoms. The van der Waals surface area contributed by atoms with Crippen LogP contribution in [0.4, 0.5) is 0 Å². The SMILES string of the molecule is CCOCCOC(=O)CCn1nnc2ccccc2c1=O. The van der Waals surface area contributed by atoms with Gasteiger partial charge in [-0.15, -0.1) is 5.10 Å². The van der Waals surface area contributed by atoms with Crippen LogP contribution in [0.15, 0.2) is 29.1 Å². The summed E-state index contributed by atoms with van der Waals surface area (Å²) in [6.45, 7) is 3.18. The third kappa shape index (κ3) is 4.09. The first-order chi connectivity index (χ1) is 10.2. The molecule has 0 amide bonds. The van der Waals surface area contributed by atoms with Crippen LogP contribution in [0.2, 0.25) is 0 Å². The molecule has 1 aromatic carbocycles. The number of aryl methyl sites for hydroxylation is 1. The Morgan fingerprint density at radius 3 is 2.90 bits per heavy atom. The molecule has 0 unspecified atom stereocenters. The van der Waals surface area contributed by atoms with E-state index in [-0.39, 0.29) is 25.1 Å². The zero-order valence-electron chi connectivity index (χ0n) is 11.8. The van der Waals surface area contributed by atoms with Crippen molar-refractivity contribution >= 4 is 16.9 Å². The number of aromatic nitrogens is 3. The van der Waals surface area contributed by atoms with Crippen LogP contribution >= 0.6 is 0 Å². The van der Waals surface area contributed by atoms with Crippen molar-refractivity contribution in [3.05, 3.63) is 34.6 Å². The lowest BCUT2D eigenvalue weighted by Crippen LogP contribution is -2.26. The molecule has 112 valence electrons. The fourth-order valence-electron chi connectivity index (χ4n) is 1.80. The van der Waals surface area contributed by atoms with E-state index in [4.69, 9.17) is 9.47 Å². The maximum Gasteiger partial charge on any atom is 0.307 e. The second-order valence-electron chi connectivity index (χ2n) is 4.30. The van der Waals surface area contributed by atoms with Gasteiger partial charge in [-0.2, -0.15) is 0 Å². The molecule has 0 N–H and O–H groups in total. The van der Waals surface area contributed by atoms with E-state index in [1.807, 2.05) is 6.92 Å². The number of esters is 1. The maximum absolute atomic E-state index is 12.1. The molecule has 0 atom stereocenters. The molecule has 0 spiro atoms. The number of hydrogen-bond acceptors (Lipinski definition) is 6. The molecule has 1 aromatic heterocycles. The molecule has 2 rings (SSSR count). The first-order valence-electron chi connectivity index (χ1n) is 6.78. The first kappa shape index (κ1) is 15.1. The molecular formula is C14H17N3O4. The van der Waals surface area contributed by atoms with Crippen LogP contribution in [-0.2, 0) is 20.8 Å². The molecule has 0 saturated heterocycles. The van der Waals surface area contributed by atoms with Crippen LogP contribution < -0.4 is 5.56 Å². The number of carbonyl (C=O) groups is 1. The Bertz CT molecular complexity index is 669. The first-order valence-corrected chi connectivity index (χ1v) is 6.78. The summed E-state index contributed by atoms with van der Waals surface area (Å²) in [6, 6.07) is 6.95. The van der Waals surface area contributed by atoms with Crippen molar-refractivity contribution in [1.82, 2.24) is 15.0 Å². The smallest absolute Gasteiger partial charge is 0.307 e. The third-order valence-electron chi connectivity index (χ3n) is 2.85. The molecule has 0 saturated carbocycles. The molecule has 7 nitrogen and oxygen atoms in total. The molecule has 0 aliphatic heterocycles. The van der Waals surface area contributed by atoms with Crippen molar-refractivity contribution in [2.24, 2.45) is 0 Å². The fourth-order valence-corrected chi connectivity index (χ4v) is 1.80. The van der Waals surface area contributed by atoms with E-state index in [9.17, 15) is 9.59 Å². The number of rotatable bonds is 7. The normalized spacial score (nSPS) is 10.7. The van der Waals surface area contributed by atoms with Gasteiger partial charge in [0.15, 0.2) is 0 Å². The molecule has 0 aliphatic rings. The topological polar surface area (TPSA) is 83.3 Å². The maximum atomic E-state index is 12.1. The standard InChI is InChI=1S/C14H17N3O4/c1-2-20-9-10-21-13(18)7-8-17-14(19)11-5-3-4-6-12(11)15-16-17/h3-6H,2,7-10H2,1H3. The van der Waals surface area contributed by atoms with Crippen LogP contribution in [0.5, 0.6) is 0 Å². The van der Waals surface area contributed by atoms with Crippen LogP contribution in [-0.4, -0.2) is 40.8 Å². The monoisotopic (exact) mass is 291 g/mol. The highest BCUT2D eigenvalue weighted by Crippen LogP contribution is 2.03. The summed E-state index contributed by atoms with van der Waals surface area (Å²) >= 11 is 0. The van der Waals surface area contributed by atoms with E-state index in [1.165, 1.54) is 4.68 Å². The molecule has 0 radical (unpaired) electrons. The summed E-state index contributed by atoms with van der Waals surface area (Å²) in [5.74, 6) is -0.392. The quantitative estimate of drug-likeness (QED) is 0.553. The second kappa shape index (κ2) is 7.49.